The molecule has 0 aliphatic rings. The second kappa shape index (κ2) is 8.84. The van der Waals surface area contributed by atoms with Crippen LogP contribution in [0.2, 0.25) is 0 Å². The van der Waals surface area contributed by atoms with E-state index >= 15 is 0 Å². The molecule has 1 heterocycles. The van der Waals surface area contributed by atoms with Crippen LogP contribution < -0.4 is 0 Å². The predicted octanol–water partition coefficient (Wildman–Crippen LogP) is 6.77. The first-order valence-corrected chi connectivity index (χ1v) is 10.1. The Hall–Kier alpha value is -3.92. The standard InChI is InChI=1S/C27H22FNO2/c1-2-23(19-6-4-3-5-7-19)26(20-11-8-18(9-12-20)10-13-25(30)31)22-16-21-14-15-29-27(21)24(28)17-22/h3-17,29H,2H2,1H3,(H,30,31)/b13-10+,26-23+. The predicted molar refractivity (Wildman–Crippen MR) is 124 cm³/mol. The maximum absolute atomic E-state index is 14.8. The molecule has 4 rings (SSSR count). The Bertz CT molecular complexity index is 1280. The van der Waals surface area contributed by atoms with Crippen LogP contribution in [-0.2, 0) is 4.79 Å². The van der Waals surface area contributed by atoms with E-state index in [4.69, 9.17) is 5.11 Å². The molecule has 0 saturated carbocycles. The van der Waals surface area contributed by atoms with Crippen molar-refractivity contribution in [1.82, 2.24) is 4.98 Å². The van der Waals surface area contributed by atoms with Crippen molar-refractivity contribution in [1.29, 1.82) is 0 Å². The van der Waals surface area contributed by atoms with E-state index in [-0.39, 0.29) is 5.82 Å². The number of carboxylic acid groups (broad SMARTS) is 1. The molecule has 4 aromatic rings. The van der Waals surface area contributed by atoms with Crippen molar-refractivity contribution in [2.24, 2.45) is 0 Å². The van der Waals surface area contributed by atoms with Crippen LogP contribution in [0.15, 0.2) is 85.1 Å². The molecule has 0 fully saturated rings. The molecular weight excluding hydrogens is 389 g/mol. The summed E-state index contributed by atoms with van der Waals surface area (Å²) in [6, 6.07) is 23.2. The van der Waals surface area contributed by atoms with Crippen molar-refractivity contribution in [2.75, 3.05) is 0 Å². The molecule has 0 aliphatic carbocycles. The normalized spacial score (nSPS) is 12.3. The first-order chi connectivity index (χ1) is 15.1. The molecule has 2 N–H and O–H groups in total. The second-order valence-corrected chi connectivity index (χ2v) is 7.27. The van der Waals surface area contributed by atoms with Gasteiger partial charge in [-0.15, -0.1) is 0 Å². The highest BCUT2D eigenvalue weighted by atomic mass is 19.1. The lowest BCUT2D eigenvalue weighted by atomic mass is 9.87. The van der Waals surface area contributed by atoms with Crippen molar-refractivity contribution < 1.29 is 14.3 Å². The van der Waals surface area contributed by atoms with Gasteiger partial charge < -0.3 is 10.1 Å². The van der Waals surface area contributed by atoms with E-state index in [0.717, 1.165) is 51.3 Å². The fraction of sp³-hybridized carbons (Fsp3) is 0.0741. The number of fused-ring (bicyclic) bond motifs is 1. The fourth-order valence-electron chi connectivity index (χ4n) is 3.88. The zero-order valence-electron chi connectivity index (χ0n) is 17.1. The Morgan fingerprint density at radius 2 is 1.71 bits per heavy atom. The van der Waals surface area contributed by atoms with Gasteiger partial charge in [0, 0.05) is 17.7 Å². The van der Waals surface area contributed by atoms with Crippen molar-refractivity contribution in [3.63, 3.8) is 0 Å². The Morgan fingerprint density at radius 3 is 2.39 bits per heavy atom. The largest absolute Gasteiger partial charge is 0.478 e. The molecule has 0 unspecified atom stereocenters. The van der Waals surface area contributed by atoms with Gasteiger partial charge >= 0.3 is 5.97 Å². The molecule has 154 valence electrons. The molecule has 0 saturated heterocycles. The third-order valence-corrected chi connectivity index (χ3v) is 5.30. The summed E-state index contributed by atoms with van der Waals surface area (Å²) in [5.74, 6) is -1.28. The van der Waals surface area contributed by atoms with Crippen LogP contribution in [0.5, 0.6) is 0 Å². The van der Waals surface area contributed by atoms with Gasteiger partial charge in [0.1, 0.15) is 5.82 Å². The summed E-state index contributed by atoms with van der Waals surface area (Å²) in [5, 5.41) is 9.68. The smallest absolute Gasteiger partial charge is 0.328 e. The monoisotopic (exact) mass is 411 g/mol. The number of H-pyrrole nitrogens is 1. The lowest BCUT2D eigenvalue weighted by Gasteiger charge is -2.17. The third kappa shape index (κ3) is 4.33. The highest BCUT2D eigenvalue weighted by Gasteiger charge is 2.15. The van der Waals surface area contributed by atoms with E-state index in [1.54, 1.807) is 18.3 Å². The Kier molecular flexibility index (Phi) is 5.80. The average molecular weight is 411 g/mol. The zero-order valence-corrected chi connectivity index (χ0v) is 17.1. The fourth-order valence-corrected chi connectivity index (χ4v) is 3.88. The van der Waals surface area contributed by atoms with E-state index in [9.17, 15) is 9.18 Å². The van der Waals surface area contributed by atoms with Crippen LogP contribution in [-0.4, -0.2) is 16.1 Å². The molecule has 3 aromatic carbocycles. The number of allylic oxidation sites excluding steroid dienone is 1. The number of halogens is 1. The number of aliphatic carboxylic acids is 1. The summed E-state index contributed by atoms with van der Waals surface area (Å²) in [7, 11) is 0. The topological polar surface area (TPSA) is 53.1 Å². The average Bonchev–Trinajstić information content (AvgIpc) is 3.26. The minimum Gasteiger partial charge on any atom is -0.478 e. The van der Waals surface area contributed by atoms with Crippen LogP contribution in [0.25, 0.3) is 28.1 Å². The van der Waals surface area contributed by atoms with Crippen LogP contribution in [0.3, 0.4) is 0 Å². The number of carbonyl (C=O) groups is 1. The van der Waals surface area contributed by atoms with Crippen LogP contribution in [0.1, 0.15) is 35.6 Å². The molecule has 1 aromatic heterocycles. The van der Waals surface area contributed by atoms with E-state index < -0.39 is 5.97 Å². The van der Waals surface area contributed by atoms with Crippen molar-refractivity contribution in [3.05, 3.63) is 113 Å². The van der Waals surface area contributed by atoms with Crippen molar-refractivity contribution in [2.45, 2.75) is 13.3 Å². The molecule has 0 bridgehead atoms. The molecule has 3 nitrogen and oxygen atoms in total. The van der Waals surface area contributed by atoms with E-state index in [2.05, 4.69) is 24.0 Å². The minimum absolute atomic E-state index is 0.292. The molecule has 0 amide bonds. The first kappa shape index (κ1) is 20.4. The number of hydrogen-bond donors (Lipinski definition) is 2. The van der Waals surface area contributed by atoms with Gasteiger partial charge in [-0.2, -0.15) is 0 Å². The number of aromatic amines is 1. The Balaban J connectivity index is 1.93. The summed E-state index contributed by atoms with van der Waals surface area (Å²) in [5.41, 5.74) is 6.20. The number of benzene rings is 3. The molecule has 31 heavy (non-hydrogen) atoms. The third-order valence-electron chi connectivity index (χ3n) is 5.30. The van der Waals surface area contributed by atoms with Gasteiger partial charge in [-0.3, -0.25) is 0 Å². The molecule has 0 radical (unpaired) electrons. The summed E-state index contributed by atoms with van der Waals surface area (Å²) in [4.78, 5) is 13.8. The molecule has 0 atom stereocenters. The first-order valence-electron chi connectivity index (χ1n) is 10.1. The Morgan fingerprint density at radius 1 is 0.968 bits per heavy atom. The highest BCUT2D eigenvalue weighted by molar-refractivity contribution is 6.00. The van der Waals surface area contributed by atoms with Crippen LogP contribution in [0.4, 0.5) is 4.39 Å². The molecule has 0 spiro atoms. The quantitative estimate of drug-likeness (QED) is 0.272. The van der Waals surface area contributed by atoms with Crippen LogP contribution in [0, 0.1) is 5.82 Å². The number of rotatable bonds is 6. The number of carboxylic acids is 1. The van der Waals surface area contributed by atoms with Gasteiger partial charge in [0.2, 0.25) is 0 Å². The summed E-state index contributed by atoms with van der Waals surface area (Å²) in [6.07, 6.45) is 5.18. The van der Waals surface area contributed by atoms with Crippen molar-refractivity contribution in [3.8, 4) is 0 Å². The maximum atomic E-state index is 14.8. The van der Waals surface area contributed by atoms with Crippen LogP contribution >= 0.6 is 0 Å². The molecule has 4 heteroatoms. The molecule has 0 aliphatic heterocycles. The van der Waals surface area contributed by atoms with Gasteiger partial charge in [-0.1, -0.05) is 61.5 Å². The summed E-state index contributed by atoms with van der Waals surface area (Å²) in [6.45, 7) is 2.09. The Labute approximate surface area is 180 Å². The lowest BCUT2D eigenvalue weighted by molar-refractivity contribution is -0.131. The lowest BCUT2D eigenvalue weighted by Crippen LogP contribution is -1.96. The van der Waals surface area contributed by atoms with Crippen molar-refractivity contribution >= 4 is 34.1 Å². The molecular formula is C27H22FNO2. The summed E-state index contributed by atoms with van der Waals surface area (Å²) < 4.78 is 14.8. The SMILES string of the molecule is CC/C(=C(/c1ccc(/C=C/C(=O)O)cc1)c1cc(F)c2[nH]ccc2c1)c1ccccc1. The van der Waals surface area contributed by atoms with E-state index in [0.29, 0.717) is 5.52 Å². The highest BCUT2D eigenvalue weighted by Crippen LogP contribution is 2.36. The maximum Gasteiger partial charge on any atom is 0.328 e. The van der Waals surface area contributed by atoms with Gasteiger partial charge in [0.05, 0.1) is 5.52 Å². The van der Waals surface area contributed by atoms with E-state index in [1.807, 2.05) is 54.6 Å². The van der Waals surface area contributed by atoms with Gasteiger partial charge in [0.15, 0.2) is 0 Å². The number of aromatic nitrogens is 1. The van der Waals surface area contributed by atoms with Gasteiger partial charge in [-0.25, -0.2) is 9.18 Å². The zero-order chi connectivity index (χ0) is 21.8. The number of hydrogen-bond acceptors (Lipinski definition) is 1. The minimum atomic E-state index is -0.989. The summed E-state index contributed by atoms with van der Waals surface area (Å²) >= 11 is 0. The number of nitrogens with one attached hydrogen (secondary N) is 1. The second-order valence-electron chi connectivity index (χ2n) is 7.27. The van der Waals surface area contributed by atoms with Gasteiger partial charge in [0.25, 0.3) is 0 Å². The van der Waals surface area contributed by atoms with E-state index in [1.165, 1.54) is 0 Å². The van der Waals surface area contributed by atoms with Gasteiger partial charge in [-0.05, 0) is 64.1 Å².